The molecule has 2 rings (SSSR count). The molecular weight excluding hydrogens is 309 g/mol. The van der Waals surface area contributed by atoms with E-state index < -0.39 is 64.4 Å². The van der Waals surface area contributed by atoms with Gasteiger partial charge in [0.25, 0.3) is 0 Å². The van der Waals surface area contributed by atoms with E-state index >= 15 is 0 Å². The average molecular weight is 318 g/mol. The molecule has 0 saturated carbocycles. The second-order valence-corrected chi connectivity index (χ2v) is 4.60. The van der Waals surface area contributed by atoms with Gasteiger partial charge in [-0.2, -0.15) is 0 Å². The summed E-state index contributed by atoms with van der Waals surface area (Å²) in [4.78, 5) is 0. The highest BCUT2D eigenvalue weighted by molar-refractivity contribution is 6.68. The summed E-state index contributed by atoms with van der Waals surface area (Å²) in [6.07, 6.45) is 0. The van der Waals surface area contributed by atoms with Gasteiger partial charge in [-0.05, 0) is 23.4 Å². The normalized spacial score (nSPS) is 10.7. The van der Waals surface area contributed by atoms with E-state index in [-0.39, 0.29) is 6.07 Å². The molecule has 0 saturated heterocycles. The Labute approximate surface area is 122 Å². The Hall–Kier alpha value is -2.12. The number of benzene rings is 2. The SMILES string of the molecule is COc1cc(F)c(F)c(Bc2c(F)cc(F)c(F)c2C)c1F. The van der Waals surface area contributed by atoms with Crippen LogP contribution in [0.2, 0.25) is 0 Å². The van der Waals surface area contributed by atoms with Crippen LogP contribution in [0.1, 0.15) is 5.56 Å². The number of methoxy groups -OCH3 is 1. The number of hydrogen-bond acceptors (Lipinski definition) is 1. The molecule has 0 bridgehead atoms. The van der Waals surface area contributed by atoms with E-state index in [9.17, 15) is 26.3 Å². The van der Waals surface area contributed by atoms with Gasteiger partial charge in [-0.15, -0.1) is 0 Å². The summed E-state index contributed by atoms with van der Waals surface area (Å²) in [5.41, 5.74) is -1.74. The fourth-order valence-electron chi connectivity index (χ4n) is 2.08. The molecule has 8 heteroatoms. The summed E-state index contributed by atoms with van der Waals surface area (Å²) in [7, 11) is 0.254. The van der Waals surface area contributed by atoms with E-state index in [0.29, 0.717) is 6.07 Å². The minimum atomic E-state index is -1.54. The van der Waals surface area contributed by atoms with Crippen LogP contribution in [-0.2, 0) is 0 Å². The van der Waals surface area contributed by atoms with Gasteiger partial charge in [0.1, 0.15) is 5.82 Å². The van der Waals surface area contributed by atoms with Gasteiger partial charge < -0.3 is 4.74 Å². The van der Waals surface area contributed by atoms with Gasteiger partial charge in [-0.25, -0.2) is 26.3 Å². The van der Waals surface area contributed by atoms with Crippen molar-refractivity contribution >= 4 is 18.2 Å². The lowest BCUT2D eigenvalue weighted by Gasteiger charge is -2.12. The zero-order valence-electron chi connectivity index (χ0n) is 11.5. The second kappa shape index (κ2) is 5.94. The van der Waals surface area contributed by atoms with Crippen LogP contribution in [0.4, 0.5) is 26.3 Å². The Kier molecular flexibility index (Phi) is 4.39. The first-order valence-corrected chi connectivity index (χ1v) is 6.11. The topological polar surface area (TPSA) is 9.23 Å². The van der Waals surface area contributed by atoms with E-state index in [1.54, 1.807) is 0 Å². The molecular formula is C14H9BF6O. The third-order valence-electron chi connectivity index (χ3n) is 3.32. The zero-order chi connectivity index (χ0) is 16.6. The van der Waals surface area contributed by atoms with Gasteiger partial charge >= 0.3 is 0 Å². The Balaban J connectivity index is 2.62. The van der Waals surface area contributed by atoms with Crippen molar-refractivity contribution in [2.75, 3.05) is 7.11 Å². The van der Waals surface area contributed by atoms with Crippen LogP contribution in [0, 0.1) is 41.8 Å². The molecule has 0 aromatic heterocycles. The van der Waals surface area contributed by atoms with Gasteiger partial charge in [0.05, 0.1) is 7.11 Å². The second-order valence-electron chi connectivity index (χ2n) is 4.60. The van der Waals surface area contributed by atoms with Crippen molar-refractivity contribution in [2.24, 2.45) is 0 Å². The van der Waals surface area contributed by atoms with Crippen LogP contribution in [-0.4, -0.2) is 14.4 Å². The van der Waals surface area contributed by atoms with Crippen molar-refractivity contribution in [3.63, 3.8) is 0 Å². The standard InChI is InChI=1S/C14H9BF6O/c1-5-10(6(16)3-7(17)12(5)19)15-11-13(20)8(18)4-9(22-2)14(11)21/h3-4,15H,1-2H3. The highest BCUT2D eigenvalue weighted by Crippen LogP contribution is 2.19. The molecule has 0 heterocycles. The molecule has 0 amide bonds. The Morgan fingerprint density at radius 2 is 1.36 bits per heavy atom. The van der Waals surface area contributed by atoms with Crippen molar-refractivity contribution in [1.29, 1.82) is 0 Å². The largest absolute Gasteiger partial charge is 0.494 e. The molecule has 0 N–H and O–H groups in total. The van der Waals surface area contributed by atoms with E-state index in [4.69, 9.17) is 0 Å². The van der Waals surface area contributed by atoms with Crippen molar-refractivity contribution in [1.82, 2.24) is 0 Å². The van der Waals surface area contributed by atoms with Crippen LogP contribution in [0.15, 0.2) is 12.1 Å². The molecule has 1 nitrogen and oxygen atoms in total. The summed E-state index contributed by atoms with van der Waals surface area (Å²) < 4.78 is 86.0. The smallest absolute Gasteiger partial charge is 0.204 e. The maximum absolute atomic E-state index is 14.0. The summed E-state index contributed by atoms with van der Waals surface area (Å²) in [6, 6.07) is 0.770. The summed E-state index contributed by atoms with van der Waals surface area (Å²) in [5, 5.41) is 0. The fraction of sp³-hybridized carbons (Fsp3) is 0.143. The molecule has 116 valence electrons. The Morgan fingerprint density at radius 1 is 0.773 bits per heavy atom. The molecule has 2 aromatic rings. The highest BCUT2D eigenvalue weighted by atomic mass is 19.2. The first-order valence-electron chi connectivity index (χ1n) is 6.11. The van der Waals surface area contributed by atoms with E-state index in [1.807, 2.05) is 0 Å². The van der Waals surface area contributed by atoms with E-state index in [2.05, 4.69) is 4.74 Å². The number of halogens is 6. The number of hydrogen-bond donors (Lipinski definition) is 0. The lowest BCUT2D eigenvalue weighted by molar-refractivity contribution is 0.379. The molecule has 0 fully saturated rings. The molecule has 2 aromatic carbocycles. The molecule has 0 radical (unpaired) electrons. The quantitative estimate of drug-likeness (QED) is 0.479. The van der Waals surface area contributed by atoms with Gasteiger partial charge in [0.15, 0.2) is 34.8 Å². The molecule has 0 aliphatic rings. The summed E-state index contributed by atoms with van der Waals surface area (Å²) >= 11 is 0. The van der Waals surface area contributed by atoms with Gasteiger partial charge in [0.2, 0.25) is 7.28 Å². The number of rotatable bonds is 3. The van der Waals surface area contributed by atoms with Crippen LogP contribution in [0.5, 0.6) is 5.75 Å². The van der Waals surface area contributed by atoms with Gasteiger partial charge in [-0.3, -0.25) is 0 Å². The molecule has 0 aliphatic heterocycles. The van der Waals surface area contributed by atoms with Crippen LogP contribution in [0.25, 0.3) is 0 Å². The maximum Gasteiger partial charge on any atom is 0.204 e. The van der Waals surface area contributed by atoms with Gasteiger partial charge in [0, 0.05) is 12.1 Å². The Bertz CT molecular complexity index is 747. The van der Waals surface area contributed by atoms with Crippen LogP contribution >= 0.6 is 0 Å². The highest BCUT2D eigenvalue weighted by Gasteiger charge is 2.24. The summed E-state index contributed by atoms with van der Waals surface area (Å²) in [5.74, 6) is -8.68. The predicted molar refractivity (Wildman–Crippen MR) is 70.3 cm³/mol. The maximum atomic E-state index is 14.0. The van der Waals surface area contributed by atoms with Gasteiger partial charge in [-0.1, -0.05) is 0 Å². The monoisotopic (exact) mass is 318 g/mol. The average Bonchev–Trinajstić information content (AvgIpc) is 2.48. The zero-order valence-corrected chi connectivity index (χ0v) is 11.5. The summed E-state index contributed by atoms with van der Waals surface area (Å²) in [6.45, 7) is 1.06. The lowest BCUT2D eigenvalue weighted by atomic mass is 9.61. The van der Waals surface area contributed by atoms with E-state index in [1.165, 1.54) is 0 Å². The molecule has 0 atom stereocenters. The minimum Gasteiger partial charge on any atom is -0.494 e. The molecule has 0 aliphatic carbocycles. The predicted octanol–water partition coefficient (Wildman–Crippen LogP) is 2.23. The Morgan fingerprint density at radius 3 is 1.95 bits per heavy atom. The van der Waals surface area contributed by atoms with Crippen LogP contribution in [0.3, 0.4) is 0 Å². The fourth-order valence-corrected chi connectivity index (χ4v) is 2.08. The first-order chi connectivity index (χ1) is 10.3. The first kappa shape index (κ1) is 16.3. The van der Waals surface area contributed by atoms with Crippen molar-refractivity contribution in [2.45, 2.75) is 6.92 Å². The molecule has 22 heavy (non-hydrogen) atoms. The van der Waals surface area contributed by atoms with E-state index in [0.717, 1.165) is 14.0 Å². The lowest BCUT2D eigenvalue weighted by Crippen LogP contribution is -2.37. The molecule has 0 unspecified atom stereocenters. The van der Waals surface area contributed by atoms with Crippen molar-refractivity contribution < 1.29 is 31.1 Å². The minimum absolute atomic E-state index is 0.268. The van der Waals surface area contributed by atoms with Crippen molar-refractivity contribution in [3.8, 4) is 5.75 Å². The number of ether oxygens (including phenoxy) is 1. The van der Waals surface area contributed by atoms with Crippen molar-refractivity contribution in [3.05, 3.63) is 52.6 Å². The third kappa shape index (κ3) is 2.65. The van der Waals surface area contributed by atoms with Crippen LogP contribution < -0.4 is 15.7 Å². The molecule has 0 spiro atoms. The third-order valence-corrected chi connectivity index (χ3v) is 3.32.